The van der Waals surface area contributed by atoms with Crippen LogP contribution in [0.1, 0.15) is 18.1 Å². The van der Waals surface area contributed by atoms with E-state index in [4.69, 9.17) is 4.74 Å². The third-order valence-corrected chi connectivity index (χ3v) is 3.16. The van der Waals surface area contributed by atoms with Gasteiger partial charge in [0.15, 0.2) is 0 Å². The summed E-state index contributed by atoms with van der Waals surface area (Å²) in [4.78, 5) is 13.6. The zero-order valence-corrected chi connectivity index (χ0v) is 12.6. The number of hydrogen-bond donors (Lipinski definition) is 2. The lowest BCUT2D eigenvalue weighted by Gasteiger charge is -2.22. The predicted molar refractivity (Wildman–Crippen MR) is 80.1 cm³/mol. The molecule has 1 atom stereocenters. The molecule has 2 N–H and O–H groups in total. The van der Waals surface area contributed by atoms with Crippen LogP contribution in [0.4, 0.5) is 10.5 Å². The first-order valence-corrected chi connectivity index (χ1v) is 6.77. The van der Waals surface area contributed by atoms with E-state index in [0.717, 1.165) is 23.2 Å². The number of nitrogens with one attached hydrogen (secondary N) is 1. The van der Waals surface area contributed by atoms with Crippen molar-refractivity contribution < 1.29 is 14.6 Å². The van der Waals surface area contributed by atoms with Crippen LogP contribution in [0.3, 0.4) is 0 Å². The number of aliphatic hydroxyl groups is 1. The number of carbonyl (C=O) groups excluding carboxylic acids is 1. The Morgan fingerprint density at radius 2 is 2.20 bits per heavy atom. The Bertz CT molecular complexity index is 449. The monoisotopic (exact) mass is 280 g/mol. The third kappa shape index (κ3) is 4.51. The van der Waals surface area contributed by atoms with Crippen LogP contribution >= 0.6 is 0 Å². The van der Waals surface area contributed by atoms with Crippen LogP contribution in [-0.2, 0) is 11.2 Å². The number of anilines is 1. The summed E-state index contributed by atoms with van der Waals surface area (Å²) in [5, 5.41) is 12.6. The van der Waals surface area contributed by atoms with Gasteiger partial charge in [-0.25, -0.2) is 4.79 Å². The number of para-hydroxylation sites is 1. The first kappa shape index (κ1) is 16.5. The summed E-state index contributed by atoms with van der Waals surface area (Å²) in [6, 6.07) is 5.72. The zero-order valence-electron chi connectivity index (χ0n) is 12.6. The predicted octanol–water partition coefficient (Wildman–Crippen LogP) is 2.03. The molecule has 0 spiro atoms. The second-order valence-electron chi connectivity index (χ2n) is 4.88. The number of carbonyl (C=O) groups is 1. The van der Waals surface area contributed by atoms with Crippen molar-refractivity contribution in [3.8, 4) is 0 Å². The lowest BCUT2D eigenvalue weighted by atomic mass is 10.1. The third-order valence-electron chi connectivity index (χ3n) is 3.16. The van der Waals surface area contributed by atoms with Crippen molar-refractivity contribution in [2.75, 3.05) is 32.6 Å². The number of urea groups is 1. The molecule has 5 nitrogen and oxygen atoms in total. The molecule has 5 heteroatoms. The van der Waals surface area contributed by atoms with E-state index in [1.165, 1.54) is 12.0 Å². The molecule has 0 aliphatic rings. The number of amides is 2. The Balaban J connectivity index is 2.71. The van der Waals surface area contributed by atoms with E-state index in [2.05, 4.69) is 12.2 Å². The van der Waals surface area contributed by atoms with Gasteiger partial charge in [-0.3, -0.25) is 0 Å². The van der Waals surface area contributed by atoms with Gasteiger partial charge in [-0.1, -0.05) is 25.1 Å². The minimum absolute atomic E-state index is 0.211. The normalized spacial score (nSPS) is 12.1. The number of likely N-dealkylation sites (N-methyl/N-ethyl adjacent to an activating group) is 1. The average Bonchev–Trinajstić information content (AvgIpc) is 2.41. The summed E-state index contributed by atoms with van der Waals surface area (Å²) in [6.45, 7) is 4.46. The highest BCUT2D eigenvalue weighted by atomic mass is 16.5. The molecule has 112 valence electrons. The number of rotatable bonds is 6. The molecular weight excluding hydrogens is 256 g/mol. The van der Waals surface area contributed by atoms with E-state index in [1.54, 1.807) is 7.05 Å². The number of nitrogens with zero attached hydrogens (tertiary/aromatic N) is 1. The SMILES string of the molecule is CCc1cccc(C)c1NC(=O)N(C)CC(O)COC. The zero-order chi connectivity index (χ0) is 15.1. The number of aliphatic hydroxyl groups excluding tert-OH is 1. The van der Waals surface area contributed by atoms with Crippen molar-refractivity contribution in [2.24, 2.45) is 0 Å². The fraction of sp³-hybridized carbons (Fsp3) is 0.533. The van der Waals surface area contributed by atoms with E-state index in [0.29, 0.717) is 0 Å². The molecule has 0 bridgehead atoms. The van der Waals surface area contributed by atoms with E-state index in [-0.39, 0.29) is 19.2 Å². The Morgan fingerprint density at radius 3 is 2.80 bits per heavy atom. The lowest BCUT2D eigenvalue weighted by Crippen LogP contribution is -2.39. The molecule has 1 unspecified atom stereocenters. The topological polar surface area (TPSA) is 61.8 Å². The van der Waals surface area contributed by atoms with Crippen LogP contribution in [0.15, 0.2) is 18.2 Å². The van der Waals surface area contributed by atoms with Gasteiger partial charge in [0.2, 0.25) is 0 Å². The van der Waals surface area contributed by atoms with Gasteiger partial charge in [0.05, 0.1) is 19.3 Å². The standard InChI is InChI=1S/C15H24N2O3/c1-5-12-8-6-7-11(2)14(12)16-15(19)17(3)9-13(18)10-20-4/h6-8,13,18H,5,9-10H2,1-4H3,(H,16,19). The highest BCUT2D eigenvalue weighted by Crippen LogP contribution is 2.21. The Morgan fingerprint density at radius 1 is 1.50 bits per heavy atom. The molecule has 0 saturated carbocycles. The first-order chi connectivity index (χ1) is 9.49. The molecule has 1 aromatic carbocycles. The molecule has 0 saturated heterocycles. The van der Waals surface area contributed by atoms with Crippen molar-refractivity contribution in [3.05, 3.63) is 29.3 Å². The fourth-order valence-electron chi connectivity index (χ4n) is 2.05. The minimum atomic E-state index is -0.682. The summed E-state index contributed by atoms with van der Waals surface area (Å²) in [6.07, 6.45) is 0.172. The molecule has 0 aliphatic carbocycles. The molecule has 2 amide bonds. The van der Waals surface area contributed by atoms with Crippen molar-refractivity contribution in [2.45, 2.75) is 26.4 Å². The molecule has 0 aromatic heterocycles. The molecule has 0 aliphatic heterocycles. The number of ether oxygens (including phenoxy) is 1. The molecule has 0 heterocycles. The van der Waals surface area contributed by atoms with E-state index in [9.17, 15) is 9.90 Å². The van der Waals surface area contributed by atoms with Gasteiger partial charge in [0.1, 0.15) is 0 Å². The van der Waals surface area contributed by atoms with Crippen molar-refractivity contribution in [1.82, 2.24) is 4.90 Å². The molecule has 1 aromatic rings. The summed E-state index contributed by atoms with van der Waals surface area (Å²) < 4.78 is 4.85. The van der Waals surface area contributed by atoms with Crippen LogP contribution in [0.5, 0.6) is 0 Å². The van der Waals surface area contributed by atoms with E-state index in [1.807, 2.05) is 25.1 Å². The van der Waals surface area contributed by atoms with Crippen molar-refractivity contribution >= 4 is 11.7 Å². The lowest BCUT2D eigenvalue weighted by molar-refractivity contribution is 0.0501. The quantitative estimate of drug-likeness (QED) is 0.838. The second kappa shape index (κ2) is 7.87. The summed E-state index contributed by atoms with van der Waals surface area (Å²) in [5.41, 5.74) is 2.99. The van der Waals surface area contributed by atoms with E-state index >= 15 is 0 Å². The maximum atomic E-state index is 12.1. The van der Waals surface area contributed by atoms with Gasteiger partial charge in [-0.15, -0.1) is 0 Å². The molecular formula is C15H24N2O3. The number of aryl methyl sites for hydroxylation is 2. The number of benzene rings is 1. The van der Waals surface area contributed by atoms with Crippen molar-refractivity contribution in [1.29, 1.82) is 0 Å². The Labute approximate surface area is 120 Å². The summed E-state index contributed by atoms with van der Waals surface area (Å²) >= 11 is 0. The largest absolute Gasteiger partial charge is 0.389 e. The van der Waals surface area contributed by atoms with Gasteiger partial charge >= 0.3 is 6.03 Å². The maximum absolute atomic E-state index is 12.1. The summed E-state index contributed by atoms with van der Waals surface area (Å²) in [7, 11) is 3.17. The fourth-order valence-corrected chi connectivity index (χ4v) is 2.05. The Kier molecular flexibility index (Phi) is 6.48. The van der Waals surface area contributed by atoms with Crippen LogP contribution in [0, 0.1) is 6.92 Å². The summed E-state index contributed by atoms with van der Waals surface area (Å²) in [5.74, 6) is 0. The van der Waals surface area contributed by atoms with Crippen LogP contribution < -0.4 is 5.32 Å². The van der Waals surface area contributed by atoms with Crippen LogP contribution in [0.2, 0.25) is 0 Å². The smallest absolute Gasteiger partial charge is 0.321 e. The minimum Gasteiger partial charge on any atom is -0.389 e. The Hall–Kier alpha value is -1.59. The molecule has 0 fully saturated rings. The molecule has 0 radical (unpaired) electrons. The molecule has 1 rings (SSSR count). The van der Waals surface area contributed by atoms with Gasteiger partial charge in [0.25, 0.3) is 0 Å². The average molecular weight is 280 g/mol. The van der Waals surface area contributed by atoms with Gasteiger partial charge in [0, 0.05) is 19.8 Å². The highest BCUT2D eigenvalue weighted by Gasteiger charge is 2.15. The van der Waals surface area contributed by atoms with Gasteiger partial charge < -0.3 is 20.1 Å². The highest BCUT2D eigenvalue weighted by molar-refractivity contribution is 5.91. The van der Waals surface area contributed by atoms with Crippen molar-refractivity contribution in [3.63, 3.8) is 0 Å². The van der Waals surface area contributed by atoms with Crippen LogP contribution in [-0.4, -0.2) is 49.5 Å². The second-order valence-corrected chi connectivity index (χ2v) is 4.88. The number of hydrogen-bond acceptors (Lipinski definition) is 3. The number of methoxy groups -OCH3 is 1. The molecule has 20 heavy (non-hydrogen) atoms. The van der Waals surface area contributed by atoms with Crippen LogP contribution in [0.25, 0.3) is 0 Å². The maximum Gasteiger partial charge on any atom is 0.321 e. The van der Waals surface area contributed by atoms with Gasteiger partial charge in [-0.05, 0) is 24.5 Å². The first-order valence-electron chi connectivity index (χ1n) is 6.77. The van der Waals surface area contributed by atoms with Gasteiger partial charge in [-0.2, -0.15) is 0 Å². The van der Waals surface area contributed by atoms with E-state index < -0.39 is 6.10 Å².